The van der Waals surface area contributed by atoms with Crippen LogP contribution in [0.15, 0.2) is 30.6 Å². The normalized spacial score (nSPS) is 15.8. The Balaban J connectivity index is 1.46. The van der Waals surface area contributed by atoms with Gasteiger partial charge in [-0.1, -0.05) is 0 Å². The quantitative estimate of drug-likeness (QED) is 0.896. The molecule has 1 amide bonds. The molecular weight excluding hydrogens is 278 g/mol. The van der Waals surface area contributed by atoms with E-state index in [0.717, 1.165) is 43.0 Å². The number of aryl methyl sites for hydroxylation is 1. The summed E-state index contributed by atoms with van der Waals surface area (Å²) in [4.78, 5) is 18.3. The van der Waals surface area contributed by atoms with Gasteiger partial charge in [0, 0.05) is 43.3 Å². The second-order valence-corrected chi connectivity index (χ2v) is 5.77. The first-order chi connectivity index (χ1) is 10.7. The van der Waals surface area contributed by atoms with E-state index in [1.54, 1.807) is 12.4 Å². The lowest BCUT2D eigenvalue weighted by molar-refractivity contribution is -0.121. The van der Waals surface area contributed by atoms with Gasteiger partial charge in [-0.05, 0) is 37.5 Å². The summed E-state index contributed by atoms with van der Waals surface area (Å²) >= 11 is 0. The van der Waals surface area contributed by atoms with Gasteiger partial charge in [-0.15, -0.1) is 0 Å². The van der Waals surface area contributed by atoms with E-state index < -0.39 is 0 Å². The number of H-pyrrole nitrogens is 1. The number of hydrogen-bond donors (Lipinski definition) is 2. The number of aromatic nitrogens is 3. The lowest BCUT2D eigenvalue weighted by atomic mass is 10.0. The highest BCUT2D eigenvalue weighted by Gasteiger charge is 2.22. The minimum absolute atomic E-state index is 0.0836. The largest absolute Gasteiger partial charge is 0.355 e. The summed E-state index contributed by atoms with van der Waals surface area (Å²) in [6.45, 7) is 3.84. The van der Waals surface area contributed by atoms with Crippen molar-refractivity contribution in [1.29, 1.82) is 0 Å². The number of anilines is 1. The first kappa shape index (κ1) is 14.6. The number of piperidine rings is 1. The average Bonchev–Trinajstić information content (AvgIpc) is 2.95. The van der Waals surface area contributed by atoms with E-state index in [2.05, 4.69) is 31.5 Å². The maximum absolute atomic E-state index is 12.1. The Morgan fingerprint density at radius 3 is 2.73 bits per heavy atom. The number of nitrogens with one attached hydrogen (secondary N) is 2. The van der Waals surface area contributed by atoms with Crippen LogP contribution in [0.25, 0.3) is 0 Å². The molecule has 2 N–H and O–H groups in total. The first-order valence-electron chi connectivity index (χ1n) is 7.66. The Morgan fingerprint density at radius 1 is 1.36 bits per heavy atom. The van der Waals surface area contributed by atoms with Crippen molar-refractivity contribution < 1.29 is 4.79 Å². The van der Waals surface area contributed by atoms with Crippen LogP contribution >= 0.6 is 0 Å². The van der Waals surface area contributed by atoms with E-state index in [1.807, 2.05) is 19.1 Å². The molecule has 2 aromatic rings. The van der Waals surface area contributed by atoms with Gasteiger partial charge in [-0.25, -0.2) is 0 Å². The standard InChI is InChI=1S/C16H21N5O/c1-12-10-15(20-19-12)21-8-4-14(5-9-21)18-16(22)11-13-2-6-17-7-3-13/h2-3,6-7,10,14H,4-5,8-9,11H2,1H3,(H,18,22)(H,19,20). The molecule has 3 heterocycles. The zero-order chi connectivity index (χ0) is 15.4. The van der Waals surface area contributed by atoms with Crippen molar-refractivity contribution in [1.82, 2.24) is 20.5 Å². The third-order valence-corrected chi connectivity index (χ3v) is 3.99. The monoisotopic (exact) mass is 299 g/mol. The molecule has 1 aliphatic rings. The second-order valence-electron chi connectivity index (χ2n) is 5.77. The molecule has 1 aliphatic heterocycles. The summed E-state index contributed by atoms with van der Waals surface area (Å²) in [6.07, 6.45) is 5.75. The molecule has 1 saturated heterocycles. The Kier molecular flexibility index (Phi) is 4.37. The van der Waals surface area contributed by atoms with Crippen LogP contribution < -0.4 is 10.2 Å². The van der Waals surface area contributed by atoms with Gasteiger partial charge in [-0.2, -0.15) is 5.10 Å². The molecule has 0 atom stereocenters. The Hall–Kier alpha value is -2.37. The van der Waals surface area contributed by atoms with Crippen LogP contribution in [0.4, 0.5) is 5.82 Å². The molecule has 6 heteroatoms. The summed E-state index contributed by atoms with van der Waals surface area (Å²) in [5.74, 6) is 1.08. The van der Waals surface area contributed by atoms with Crippen LogP contribution in [0.5, 0.6) is 0 Å². The van der Waals surface area contributed by atoms with Crippen LogP contribution in [0.2, 0.25) is 0 Å². The molecule has 1 fully saturated rings. The first-order valence-corrected chi connectivity index (χ1v) is 7.66. The van der Waals surface area contributed by atoms with E-state index in [-0.39, 0.29) is 11.9 Å². The van der Waals surface area contributed by atoms with Gasteiger partial charge in [0.25, 0.3) is 0 Å². The highest BCUT2D eigenvalue weighted by Crippen LogP contribution is 2.18. The smallest absolute Gasteiger partial charge is 0.224 e. The minimum atomic E-state index is 0.0836. The fourth-order valence-corrected chi connectivity index (χ4v) is 2.78. The number of pyridine rings is 1. The molecule has 0 radical (unpaired) electrons. The number of nitrogens with zero attached hydrogens (tertiary/aromatic N) is 3. The molecule has 0 unspecified atom stereocenters. The van der Waals surface area contributed by atoms with Crippen molar-refractivity contribution >= 4 is 11.7 Å². The number of hydrogen-bond acceptors (Lipinski definition) is 4. The molecule has 6 nitrogen and oxygen atoms in total. The number of amides is 1. The maximum atomic E-state index is 12.1. The topological polar surface area (TPSA) is 73.9 Å². The van der Waals surface area contributed by atoms with Gasteiger partial charge in [0.05, 0.1) is 6.42 Å². The number of carbonyl (C=O) groups is 1. The molecule has 0 saturated carbocycles. The lowest BCUT2D eigenvalue weighted by Gasteiger charge is -2.32. The molecule has 116 valence electrons. The Bertz CT molecular complexity index is 616. The molecular formula is C16H21N5O. The van der Waals surface area contributed by atoms with Crippen molar-refractivity contribution in [2.24, 2.45) is 0 Å². The zero-order valence-corrected chi connectivity index (χ0v) is 12.7. The molecule has 0 bridgehead atoms. The van der Waals surface area contributed by atoms with Crippen molar-refractivity contribution in [3.8, 4) is 0 Å². The molecule has 3 rings (SSSR count). The fraction of sp³-hybridized carbons (Fsp3) is 0.438. The van der Waals surface area contributed by atoms with Crippen molar-refractivity contribution in [2.45, 2.75) is 32.2 Å². The van der Waals surface area contributed by atoms with E-state index in [1.165, 1.54) is 0 Å². The maximum Gasteiger partial charge on any atom is 0.224 e. The highest BCUT2D eigenvalue weighted by atomic mass is 16.1. The number of aromatic amines is 1. The van der Waals surface area contributed by atoms with Gasteiger partial charge in [0.15, 0.2) is 5.82 Å². The molecule has 2 aromatic heterocycles. The molecule has 0 spiro atoms. The average molecular weight is 299 g/mol. The Labute approximate surface area is 129 Å². The minimum Gasteiger partial charge on any atom is -0.355 e. The SMILES string of the molecule is Cc1cc(N2CCC(NC(=O)Cc3ccncc3)CC2)n[nH]1. The number of carbonyl (C=O) groups excluding carboxylic acids is 1. The van der Waals surface area contributed by atoms with Gasteiger partial charge in [-0.3, -0.25) is 14.9 Å². The van der Waals surface area contributed by atoms with E-state index >= 15 is 0 Å². The van der Waals surface area contributed by atoms with E-state index in [9.17, 15) is 4.79 Å². The molecule has 0 aliphatic carbocycles. The fourth-order valence-electron chi connectivity index (χ4n) is 2.78. The summed E-state index contributed by atoms with van der Waals surface area (Å²) < 4.78 is 0. The van der Waals surface area contributed by atoms with Crippen molar-refractivity contribution in [3.05, 3.63) is 41.9 Å². The highest BCUT2D eigenvalue weighted by molar-refractivity contribution is 5.78. The zero-order valence-electron chi connectivity index (χ0n) is 12.7. The van der Waals surface area contributed by atoms with Crippen LogP contribution in [-0.4, -0.2) is 40.2 Å². The second kappa shape index (κ2) is 6.60. The van der Waals surface area contributed by atoms with E-state index in [4.69, 9.17) is 0 Å². The summed E-state index contributed by atoms with van der Waals surface area (Å²) in [5, 5.41) is 10.4. The third-order valence-electron chi connectivity index (χ3n) is 3.99. The van der Waals surface area contributed by atoms with Crippen molar-refractivity contribution in [2.75, 3.05) is 18.0 Å². The molecule has 0 aromatic carbocycles. The van der Waals surface area contributed by atoms with Gasteiger partial charge >= 0.3 is 0 Å². The van der Waals surface area contributed by atoms with Gasteiger partial charge in [0.1, 0.15) is 0 Å². The summed E-state index contributed by atoms with van der Waals surface area (Å²) in [7, 11) is 0. The number of rotatable bonds is 4. The third kappa shape index (κ3) is 3.63. The van der Waals surface area contributed by atoms with Crippen LogP contribution in [0.3, 0.4) is 0 Å². The Morgan fingerprint density at radius 2 is 2.09 bits per heavy atom. The predicted molar refractivity (Wildman–Crippen MR) is 84.6 cm³/mol. The lowest BCUT2D eigenvalue weighted by Crippen LogP contribution is -2.45. The van der Waals surface area contributed by atoms with Gasteiger partial charge < -0.3 is 10.2 Å². The predicted octanol–water partition coefficient (Wildman–Crippen LogP) is 1.44. The summed E-state index contributed by atoms with van der Waals surface area (Å²) in [5.41, 5.74) is 2.07. The van der Waals surface area contributed by atoms with Crippen LogP contribution in [-0.2, 0) is 11.2 Å². The summed E-state index contributed by atoms with van der Waals surface area (Å²) in [6, 6.07) is 6.07. The van der Waals surface area contributed by atoms with Crippen LogP contribution in [0, 0.1) is 6.92 Å². The van der Waals surface area contributed by atoms with E-state index in [0.29, 0.717) is 6.42 Å². The van der Waals surface area contributed by atoms with Gasteiger partial charge in [0.2, 0.25) is 5.91 Å². The van der Waals surface area contributed by atoms with Crippen LogP contribution in [0.1, 0.15) is 24.1 Å². The molecule has 22 heavy (non-hydrogen) atoms. The van der Waals surface area contributed by atoms with Crippen molar-refractivity contribution in [3.63, 3.8) is 0 Å².